The fraction of sp³-hybridized carbons (Fsp3) is 0.615. The molecule has 0 aromatic carbocycles. The van der Waals surface area contributed by atoms with Gasteiger partial charge in [0.25, 0.3) is 0 Å². The lowest BCUT2D eigenvalue weighted by molar-refractivity contribution is -0.199. The zero-order valence-corrected chi connectivity index (χ0v) is 17.4. The zero-order valence-electron chi connectivity index (χ0n) is 15.6. The zero-order chi connectivity index (χ0) is 21.9. The second-order valence-electron chi connectivity index (χ2n) is 7.05. The SMILES string of the molecule is CC1(C)OC2C(COP(=O)(O)OP(=O)(O)O)OC(n3cnc4c(N)ncnc43)C2O1. The first-order valence-electron chi connectivity index (χ1n) is 8.53. The highest BCUT2D eigenvalue weighted by Gasteiger charge is 2.56. The van der Waals surface area contributed by atoms with E-state index in [9.17, 15) is 14.0 Å². The lowest BCUT2D eigenvalue weighted by atomic mass is 10.1. The van der Waals surface area contributed by atoms with E-state index in [1.165, 1.54) is 12.7 Å². The number of imidazole rings is 1. The van der Waals surface area contributed by atoms with E-state index in [4.69, 9.17) is 34.3 Å². The van der Waals surface area contributed by atoms with Crippen LogP contribution in [-0.4, -0.2) is 64.9 Å². The topological polar surface area (TPSA) is 211 Å². The molecular weight excluding hydrogens is 448 g/mol. The minimum Gasteiger partial charge on any atom is -0.382 e. The molecule has 4 rings (SSSR count). The van der Waals surface area contributed by atoms with Gasteiger partial charge >= 0.3 is 15.6 Å². The Bertz CT molecular complexity index is 1060. The van der Waals surface area contributed by atoms with Gasteiger partial charge in [0, 0.05) is 0 Å². The number of nitrogens with zero attached hydrogens (tertiary/aromatic N) is 4. The van der Waals surface area contributed by atoms with Gasteiger partial charge in [-0.05, 0) is 13.8 Å². The molecule has 0 aliphatic carbocycles. The predicted molar refractivity (Wildman–Crippen MR) is 96.4 cm³/mol. The molecule has 17 heteroatoms. The lowest BCUT2D eigenvalue weighted by Gasteiger charge is -2.25. The number of nitrogen functional groups attached to an aromatic ring is 1. The number of hydrogen-bond donors (Lipinski definition) is 4. The third kappa shape index (κ3) is 4.27. The maximum absolute atomic E-state index is 11.8. The summed E-state index contributed by atoms with van der Waals surface area (Å²) >= 11 is 0. The Hall–Kier alpha value is -1.51. The molecule has 0 bridgehead atoms. The summed E-state index contributed by atoms with van der Waals surface area (Å²) in [6.07, 6.45) is -0.479. The van der Waals surface area contributed by atoms with Crippen molar-refractivity contribution in [2.45, 2.75) is 44.2 Å². The van der Waals surface area contributed by atoms with Gasteiger partial charge < -0.3 is 34.6 Å². The molecule has 2 fully saturated rings. The summed E-state index contributed by atoms with van der Waals surface area (Å²) in [5.74, 6) is -0.821. The number of nitrogens with two attached hydrogens (primary N) is 1. The lowest BCUT2D eigenvalue weighted by Crippen LogP contribution is -2.32. The Morgan fingerprint density at radius 3 is 2.60 bits per heavy atom. The van der Waals surface area contributed by atoms with Gasteiger partial charge in [-0.3, -0.25) is 9.09 Å². The maximum Gasteiger partial charge on any atom is 0.481 e. The van der Waals surface area contributed by atoms with Crippen LogP contribution in [0.1, 0.15) is 20.1 Å². The van der Waals surface area contributed by atoms with Gasteiger partial charge in [0.1, 0.15) is 30.2 Å². The van der Waals surface area contributed by atoms with Crippen molar-refractivity contribution in [1.82, 2.24) is 19.5 Å². The largest absolute Gasteiger partial charge is 0.481 e. The Morgan fingerprint density at radius 1 is 1.20 bits per heavy atom. The molecule has 30 heavy (non-hydrogen) atoms. The molecule has 2 aromatic heterocycles. The molecule has 2 saturated heterocycles. The van der Waals surface area contributed by atoms with Gasteiger partial charge in [-0.15, -0.1) is 0 Å². The standard InChI is InChI=1S/C13H19N5O10P2/c1-13(2)26-8-6(3-24-30(22,23)28-29(19,20)21)25-12(9(8)27-13)18-5-17-7-10(14)15-4-16-11(7)18/h4-6,8-9,12H,3H2,1-2H3,(H,22,23)(H2,14,15,16)(H2,19,20,21). The van der Waals surface area contributed by atoms with Crippen molar-refractivity contribution >= 4 is 32.6 Å². The molecule has 15 nitrogen and oxygen atoms in total. The maximum atomic E-state index is 11.8. The van der Waals surface area contributed by atoms with Crippen LogP contribution in [0.4, 0.5) is 5.82 Å². The van der Waals surface area contributed by atoms with Gasteiger partial charge in [-0.2, -0.15) is 4.31 Å². The van der Waals surface area contributed by atoms with Crippen molar-refractivity contribution in [3.05, 3.63) is 12.7 Å². The van der Waals surface area contributed by atoms with Gasteiger partial charge in [-0.1, -0.05) is 0 Å². The molecule has 0 radical (unpaired) electrons. The Balaban J connectivity index is 1.59. The van der Waals surface area contributed by atoms with Crippen LogP contribution in [0, 0.1) is 0 Å². The Labute approximate surface area is 168 Å². The number of anilines is 1. The Kier molecular flexibility index (Phi) is 5.27. The van der Waals surface area contributed by atoms with Gasteiger partial charge in [-0.25, -0.2) is 24.1 Å². The number of fused-ring (bicyclic) bond motifs is 2. The van der Waals surface area contributed by atoms with Crippen molar-refractivity contribution in [2.24, 2.45) is 0 Å². The number of aromatic nitrogens is 4. The monoisotopic (exact) mass is 467 g/mol. The quantitative estimate of drug-likeness (QED) is 0.414. The van der Waals surface area contributed by atoms with E-state index in [1.807, 2.05) is 0 Å². The first-order chi connectivity index (χ1) is 13.9. The highest BCUT2D eigenvalue weighted by atomic mass is 31.3. The van der Waals surface area contributed by atoms with E-state index in [2.05, 4.69) is 19.3 Å². The summed E-state index contributed by atoms with van der Waals surface area (Å²) in [4.78, 5) is 39.2. The van der Waals surface area contributed by atoms with E-state index in [0.717, 1.165) is 0 Å². The molecule has 5 unspecified atom stereocenters. The Morgan fingerprint density at radius 2 is 1.90 bits per heavy atom. The highest BCUT2D eigenvalue weighted by Crippen LogP contribution is 2.58. The van der Waals surface area contributed by atoms with Crippen LogP contribution in [0.5, 0.6) is 0 Å². The van der Waals surface area contributed by atoms with Crippen molar-refractivity contribution in [3.63, 3.8) is 0 Å². The molecule has 0 saturated carbocycles. The van der Waals surface area contributed by atoms with E-state index < -0.39 is 52.6 Å². The van der Waals surface area contributed by atoms with Crippen LogP contribution >= 0.6 is 15.6 Å². The van der Waals surface area contributed by atoms with Crippen LogP contribution in [0.2, 0.25) is 0 Å². The van der Waals surface area contributed by atoms with Crippen molar-refractivity contribution in [2.75, 3.05) is 12.3 Å². The molecule has 4 heterocycles. The summed E-state index contributed by atoms with van der Waals surface area (Å²) in [5.41, 5.74) is 6.54. The van der Waals surface area contributed by atoms with E-state index in [1.54, 1.807) is 18.4 Å². The summed E-state index contributed by atoms with van der Waals surface area (Å²) in [6.45, 7) is 2.79. The number of ether oxygens (including phenoxy) is 3. The van der Waals surface area contributed by atoms with E-state index in [-0.39, 0.29) is 5.82 Å². The molecule has 0 spiro atoms. The first-order valence-corrected chi connectivity index (χ1v) is 11.6. The summed E-state index contributed by atoms with van der Waals surface area (Å²) in [6, 6.07) is 0. The van der Waals surface area contributed by atoms with Gasteiger partial charge in [0.2, 0.25) is 0 Å². The molecule has 2 aliphatic heterocycles. The molecule has 5 atom stereocenters. The number of phosphoric ester groups is 1. The number of hydrogen-bond acceptors (Lipinski definition) is 11. The summed E-state index contributed by atoms with van der Waals surface area (Å²) in [5, 5.41) is 0. The normalized spacial score (nSPS) is 30.4. The smallest absolute Gasteiger partial charge is 0.382 e. The molecular formula is C13H19N5O10P2. The summed E-state index contributed by atoms with van der Waals surface area (Å²) < 4.78 is 50.3. The van der Waals surface area contributed by atoms with Crippen LogP contribution in [0.15, 0.2) is 12.7 Å². The molecule has 0 amide bonds. The fourth-order valence-electron chi connectivity index (χ4n) is 3.40. The van der Waals surface area contributed by atoms with E-state index >= 15 is 0 Å². The third-order valence-corrected chi connectivity index (χ3v) is 6.55. The second kappa shape index (κ2) is 7.28. The van der Waals surface area contributed by atoms with Crippen LogP contribution in [0.3, 0.4) is 0 Å². The highest BCUT2D eigenvalue weighted by molar-refractivity contribution is 7.60. The van der Waals surface area contributed by atoms with Gasteiger partial charge in [0.15, 0.2) is 23.5 Å². The minimum atomic E-state index is -5.25. The fourth-order valence-corrected chi connectivity index (χ4v) is 5.00. The van der Waals surface area contributed by atoms with Crippen LogP contribution < -0.4 is 5.73 Å². The second-order valence-corrected chi connectivity index (χ2v) is 9.88. The van der Waals surface area contributed by atoms with Crippen LogP contribution in [0.25, 0.3) is 11.2 Å². The minimum absolute atomic E-state index is 0.174. The van der Waals surface area contributed by atoms with Gasteiger partial charge in [0.05, 0.1) is 12.9 Å². The summed E-state index contributed by atoms with van der Waals surface area (Å²) in [7, 11) is -10.3. The predicted octanol–water partition coefficient (Wildman–Crippen LogP) is 0.0523. The van der Waals surface area contributed by atoms with Crippen molar-refractivity contribution < 1.29 is 46.9 Å². The van der Waals surface area contributed by atoms with Crippen molar-refractivity contribution in [1.29, 1.82) is 0 Å². The van der Waals surface area contributed by atoms with Crippen LogP contribution in [-0.2, 0) is 32.2 Å². The first kappa shape index (κ1) is 21.7. The average Bonchev–Trinajstić information content (AvgIpc) is 3.22. The third-order valence-electron chi connectivity index (χ3n) is 4.40. The number of rotatable bonds is 6. The molecule has 2 aromatic rings. The number of phosphoric acid groups is 2. The molecule has 2 aliphatic rings. The van der Waals surface area contributed by atoms with Crippen molar-refractivity contribution in [3.8, 4) is 0 Å². The van der Waals surface area contributed by atoms with E-state index in [0.29, 0.717) is 11.2 Å². The average molecular weight is 467 g/mol. The molecule has 5 N–H and O–H groups in total. The molecule has 166 valence electrons.